The molecule has 22 heavy (non-hydrogen) atoms. The molecule has 116 valence electrons. The first-order chi connectivity index (χ1) is 10.7. The Morgan fingerprint density at radius 1 is 1.41 bits per heavy atom. The van der Waals surface area contributed by atoms with Crippen LogP contribution in [0.4, 0.5) is 0 Å². The summed E-state index contributed by atoms with van der Waals surface area (Å²) in [5.41, 5.74) is 0.244. The third-order valence-electron chi connectivity index (χ3n) is 4.15. The number of hydrogen-bond donors (Lipinski definition) is 2. The van der Waals surface area contributed by atoms with Crippen molar-refractivity contribution in [2.75, 3.05) is 6.54 Å². The van der Waals surface area contributed by atoms with E-state index in [1.807, 2.05) is 0 Å². The molecule has 2 N–H and O–H groups in total. The Morgan fingerprint density at radius 2 is 2.23 bits per heavy atom. The number of piperidine rings is 1. The molecule has 1 fully saturated rings. The van der Waals surface area contributed by atoms with Crippen LogP contribution in [0, 0.1) is 0 Å². The van der Waals surface area contributed by atoms with Crippen molar-refractivity contribution < 1.29 is 9.90 Å². The fraction of sp³-hybridized carbons (Fsp3) is 0.438. The van der Waals surface area contributed by atoms with E-state index in [1.54, 1.807) is 24.3 Å². The van der Waals surface area contributed by atoms with Crippen LogP contribution in [0.5, 0.6) is 0 Å². The van der Waals surface area contributed by atoms with E-state index in [2.05, 4.69) is 10.3 Å². The van der Waals surface area contributed by atoms with Gasteiger partial charge >= 0.3 is 0 Å². The molecule has 1 aromatic carbocycles. The molecule has 0 saturated carbocycles. The molecule has 0 amide bonds. The van der Waals surface area contributed by atoms with Crippen LogP contribution in [-0.4, -0.2) is 39.3 Å². The van der Waals surface area contributed by atoms with Gasteiger partial charge in [-0.05, 0) is 37.9 Å². The van der Waals surface area contributed by atoms with E-state index in [0.29, 0.717) is 17.3 Å². The predicted molar refractivity (Wildman–Crippen MR) is 82.9 cm³/mol. The van der Waals surface area contributed by atoms with Gasteiger partial charge in [-0.1, -0.05) is 12.1 Å². The van der Waals surface area contributed by atoms with E-state index >= 15 is 0 Å². The summed E-state index contributed by atoms with van der Waals surface area (Å²) >= 11 is 0. The van der Waals surface area contributed by atoms with Crippen molar-refractivity contribution in [3.05, 3.63) is 40.9 Å². The second kappa shape index (κ2) is 6.37. The first-order valence-electron chi connectivity index (χ1n) is 7.58. The molecule has 0 radical (unpaired) electrons. The maximum atomic E-state index is 12.3. The molecule has 0 aliphatic carbocycles. The second-order valence-corrected chi connectivity index (χ2v) is 5.64. The van der Waals surface area contributed by atoms with Gasteiger partial charge in [0.05, 0.1) is 17.0 Å². The van der Waals surface area contributed by atoms with Gasteiger partial charge in [-0.2, -0.15) is 0 Å². The summed E-state index contributed by atoms with van der Waals surface area (Å²) in [4.78, 5) is 28.7. The number of nitrogens with one attached hydrogen (secondary N) is 1. The number of rotatable bonds is 3. The molecule has 3 rings (SSSR count). The summed E-state index contributed by atoms with van der Waals surface area (Å²) in [5.74, 6) is -0.289. The molecule has 1 aromatic heterocycles. The van der Waals surface area contributed by atoms with E-state index in [9.17, 15) is 14.7 Å². The van der Waals surface area contributed by atoms with Gasteiger partial charge < -0.3 is 10.4 Å². The number of para-hydroxylation sites is 1. The number of aliphatic hydroxyl groups is 1. The van der Waals surface area contributed by atoms with Gasteiger partial charge in [-0.25, -0.2) is 9.55 Å². The molecular formula is C16H19N3O3. The van der Waals surface area contributed by atoms with Gasteiger partial charge in [-0.15, -0.1) is 0 Å². The minimum Gasteiger partial charge on any atom is -0.392 e. The third kappa shape index (κ3) is 2.93. The molecule has 1 saturated heterocycles. The number of carbonyl (C=O) groups excluding carboxylic acids is 1. The van der Waals surface area contributed by atoms with E-state index in [4.69, 9.17) is 0 Å². The number of aromatic nitrogens is 2. The third-order valence-corrected chi connectivity index (χ3v) is 4.15. The molecule has 1 unspecified atom stereocenters. The fourth-order valence-corrected chi connectivity index (χ4v) is 2.88. The van der Waals surface area contributed by atoms with Crippen LogP contribution in [0.25, 0.3) is 10.9 Å². The van der Waals surface area contributed by atoms with Crippen LogP contribution in [0.1, 0.15) is 30.5 Å². The van der Waals surface area contributed by atoms with Crippen molar-refractivity contribution >= 4 is 16.8 Å². The zero-order valence-corrected chi connectivity index (χ0v) is 12.2. The van der Waals surface area contributed by atoms with E-state index in [-0.39, 0.29) is 23.9 Å². The normalized spacial score (nSPS) is 21.9. The maximum absolute atomic E-state index is 12.3. The summed E-state index contributed by atoms with van der Waals surface area (Å²) in [5, 5.41) is 13.5. The van der Waals surface area contributed by atoms with Gasteiger partial charge in [-0.3, -0.25) is 9.59 Å². The summed E-state index contributed by atoms with van der Waals surface area (Å²) < 4.78 is 1.07. The van der Waals surface area contributed by atoms with Gasteiger partial charge in [0.15, 0.2) is 0 Å². The van der Waals surface area contributed by atoms with Crippen molar-refractivity contribution in [2.45, 2.75) is 37.8 Å². The minimum absolute atomic E-state index is 0.0817. The van der Waals surface area contributed by atoms with Crippen molar-refractivity contribution in [3.63, 3.8) is 0 Å². The average Bonchev–Trinajstić information content (AvgIpc) is 2.54. The number of carbonyl (C=O) groups is 1. The Labute approximate surface area is 127 Å². The van der Waals surface area contributed by atoms with Crippen LogP contribution in [0.2, 0.25) is 0 Å². The summed E-state index contributed by atoms with van der Waals surface area (Å²) in [6, 6.07) is 6.88. The molecular weight excluding hydrogens is 282 g/mol. The quantitative estimate of drug-likeness (QED) is 0.881. The smallest absolute Gasteiger partial charge is 0.267 e. The molecule has 2 aromatic rings. The highest BCUT2D eigenvalue weighted by Gasteiger charge is 2.23. The lowest BCUT2D eigenvalue weighted by atomic mass is 9.97. The Hall–Kier alpha value is -2.05. The number of aliphatic hydroxyl groups excluding tert-OH is 1. The lowest BCUT2D eigenvalue weighted by Crippen LogP contribution is -2.45. The van der Waals surface area contributed by atoms with Gasteiger partial charge in [0.2, 0.25) is 5.91 Å². The van der Waals surface area contributed by atoms with E-state index in [1.165, 1.54) is 6.33 Å². The zero-order chi connectivity index (χ0) is 15.5. The number of fused-ring (bicyclic) bond motifs is 1. The first kappa shape index (κ1) is 14.9. The Morgan fingerprint density at radius 3 is 3.05 bits per heavy atom. The van der Waals surface area contributed by atoms with Crippen molar-refractivity contribution in [1.29, 1.82) is 0 Å². The van der Waals surface area contributed by atoms with Gasteiger partial charge in [0, 0.05) is 12.5 Å². The number of nitrogens with zero attached hydrogens (tertiary/aromatic N) is 2. The summed E-state index contributed by atoms with van der Waals surface area (Å²) in [6.07, 6.45) is 3.28. The van der Waals surface area contributed by atoms with E-state index < -0.39 is 6.10 Å². The maximum Gasteiger partial charge on any atom is 0.267 e. The monoisotopic (exact) mass is 301 g/mol. The molecule has 1 aliphatic rings. The van der Waals surface area contributed by atoms with Gasteiger partial charge in [0.25, 0.3) is 5.56 Å². The lowest BCUT2D eigenvalue weighted by molar-refractivity contribution is 0.0794. The highest BCUT2D eigenvalue weighted by atomic mass is 16.3. The highest BCUT2D eigenvalue weighted by molar-refractivity contribution is 5.83. The summed E-state index contributed by atoms with van der Waals surface area (Å²) in [6.45, 7) is 0.855. The van der Waals surface area contributed by atoms with E-state index in [0.717, 1.165) is 24.0 Å². The largest absolute Gasteiger partial charge is 0.392 e. The molecule has 0 spiro atoms. The molecule has 2 atom stereocenters. The minimum atomic E-state index is -0.423. The van der Waals surface area contributed by atoms with Crippen molar-refractivity contribution in [3.8, 4) is 0 Å². The number of hydrogen-bond acceptors (Lipinski definition) is 5. The zero-order valence-electron chi connectivity index (χ0n) is 12.2. The Kier molecular flexibility index (Phi) is 4.31. The highest BCUT2D eigenvalue weighted by Crippen LogP contribution is 2.13. The van der Waals surface area contributed by atoms with Crippen LogP contribution < -0.4 is 10.9 Å². The Balaban J connectivity index is 1.75. The van der Waals surface area contributed by atoms with Crippen LogP contribution in [0.15, 0.2) is 35.4 Å². The average molecular weight is 301 g/mol. The molecule has 1 aliphatic heterocycles. The SMILES string of the molecule is O=C(CCC1NCCC[C@H]1O)n1cnc2ccccc2c1=O. The first-order valence-corrected chi connectivity index (χ1v) is 7.58. The van der Waals surface area contributed by atoms with Crippen molar-refractivity contribution in [1.82, 2.24) is 14.9 Å². The Bertz CT molecular complexity index is 741. The van der Waals surface area contributed by atoms with Gasteiger partial charge in [0.1, 0.15) is 6.33 Å². The van der Waals surface area contributed by atoms with Crippen LogP contribution in [-0.2, 0) is 0 Å². The molecule has 6 nitrogen and oxygen atoms in total. The fourth-order valence-electron chi connectivity index (χ4n) is 2.88. The second-order valence-electron chi connectivity index (χ2n) is 5.64. The predicted octanol–water partition coefficient (Wildman–Crippen LogP) is 0.930. The lowest BCUT2D eigenvalue weighted by Gasteiger charge is -2.28. The standard InChI is InChI=1S/C16H19N3O3/c20-14-6-3-9-17-13(14)7-8-15(21)19-10-18-12-5-2-1-4-11(12)16(19)22/h1-2,4-5,10,13-14,17,20H,3,6-9H2/t13?,14-/m1/s1. The topological polar surface area (TPSA) is 84.2 Å². The molecule has 2 heterocycles. The molecule has 6 heteroatoms. The molecule has 0 bridgehead atoms. The number of benzene rings is 1. The van der Waals surface area contributed by atoms with Crippen molar-refractivity contribution in [2.24, 2.45) is 0 Å². The van der Waals surface area contributed by atoms with Crippen LogP contribution >= 0.6 is 0 Å². The summed E-state index contributed by atoms with van der Waals surface area (Å²) in [7, 11) is 0. The van der Waals surface area contributed by atoms with Crippen LogP contribution in [0.3, 0.4) is 0 Å².